The average molecular weight is 346 g/mol. The second-order valence-electron chi connectivity index (χ2n) is 5.01. The van der Waals surface area contributed by atoms with E-state index in [0.717, 1.165) is 12.1 Å². The number of benzene rings is 2. The first-order valence-corrected chi connectivity index (χ1v) is 7.34. The summed E-state index contributed by atoms with van der Waals surface area (Å²) in [5, 5.41) is 14.7. The van der Waals surface area contributed by atoms with Gasteiger partial charge in [0.25, 0.3) is 0 Å². The Kier molecular flexibility index (Phi) is 6.32. The minimum absolute atomic E-state index is 0.0933. The molecule has 0 aliphatic rings. The van der Waals surface area contributed by atoms with Crippen LogP contribution in [0.1, 0.15) is 11.7 Å². The maximum atomic E-state index is 13.6. The first-order chi connectivity index (χ1) is 12.0. The molecule has 0 saturated heterocycles. The molecule has 130 valence electrons. The fraction of sp³-hybridized carbons (Fsp3) is 0.167. The van der Waals surface area contributed by atoms with E-state index in [4.69, 9.17) is 11.2 Å². The molecule has 25 heavy (non-hydrogen) atoms. The highest BCUT2D eigenvalue weighted by molar-refractivity contribution is 5.89. The highest BCUT2D eigenvalue weighted by Crippen LogP contribution is 2.20. The van der Waals surface area contributed by atoms with Crippen molar-refractivity contribution in [2.75, 3.05) is 18.5 Å². The van der Waals surface area contributed by atoms with Crippen LogP contribution in [0.15, 0.2) is 42.5 Å². The van der Waals surface area contributed by atoms with Gasteiger partial charge in [0.15, 0.2) is 0 Å². The van der Waals surface area contributed by atoms with Crippen LogP contribution in [0.2, 0.25) is 0 Å². The predicted octanol–water partition coefficient (Wildman–Crippen LogP) is 2.83. The lowest BCUT2D eigenvalue weighted by molar-refractivity contribution is 0.166. The summed E-state index contributed by atoms with van der Waals surface area (Å²) in [6.45, 7) is -0.271. The molecule has 0 radical (unpaired) electrons. The Hall–Kier alpha value is -3.11. The van der Waals surface area contributed by atoms with Gasteiger partial charge in [0, 0.05) is 18.3 Å². The normalized spacial score (nSPS) is 11.3. The van der Waals surface area contributed by atoms with Crippen molar-refractivity contribution >= 4 is 11.7 Å². The molecule has 1 unspecified atom stereocenters. The number of hydrogen-bond donors (Lipinski definition) is 3. The second-order valence-corrected chi connectivity index (χ2v) is 5.01. The van der Waals surface area contributed by atoms with E-state index in [1.165, 1.54) is 6.07 Å². The smallest absolute Gasteiger partial charge is 0.319 e. The highest BCUT2D eigenvalue weighted by Gasteiger charge is 2.18. The number of rotatable bonds is 6. The number of halogens is 2. The molecular weight excluding hydrogens is 330 g/mol. The van der Waals surface area contributed by atoms with Crippen molar-refractivity contribution < 1.29 is 23.4 Å². The van der Waals surface area contributed by atoms with Crippen molar-refractivity contribution in [2.45, 2.75) is 6.10 Å². The Morgan fingerprint density at radius 3 is 2.60 bits per heavy atom. The quantitative estimate of drug-likeness (QED) is 0.705. The number of carbonyl (C=O) groups is 1. The van der Waals surface area contributed by atoms with Crippen LogP contribution in [-0.2, 0) is 0 Å². The van der Waals surface area contributed by atoms with Gasteiger partial charge in [-0.05, 0) is 24.3 Å². The number of urea groups is 1. The number of terminal acetylenes is 1. The summed E-state index contributed by atoms with van der Waals surface area (Å²) in [5.74, 6) is 1.04. The summed E-state index contributed by atoms with van der Waals surface area (Å²) < 4.78 is 32.4. The number of anilines is 1. The Morgan fingerprint density at radius 2 is 1.92 bits per heavy atom. The molecule has 2 aromatic carbocycles. The number of hydrogen-bond acceptors (Lipinski definition) is 3. The summed E-state index contributed by atoms with van der Waals surface area (Å²) in [6, 6.07) is 9.11. The zero-order chi connectivity index (χ0) is 18.2. The number of ether oxygens (including phenoxy) is 1. The third-order valence-electron chi connectivity index (χ3n) is 3.20. The Balaban J connectivity index is 1.91. The molecule has 2 amide bonds. The van der Waals surface area contributed by atoms with E-state index in [1.807, 2.05) is 0 Å². The van der Waals surface area contributed by atoms with Gasteiger partial charge >= 0.3 is 6.03 Å². The molecule has 2 rings (SSSR count). The van der Waals surface area contributed by atoms with E-state index < -0.39 is 29.3 Å². The van der Waals surface area contributed by atoms with Crippen molar-refractivity contribution in [1.29, 1.82) is 0 Å². The van der Waals surface area contributed by atoms with E-state index in [2.05, 4.69) is 16.6 Å². The van der Waals surface area contributed by atoms with Crippen molar-refractivity contribution in [2.24, 2.45) is 0 Å². The topological polar surface area (TPSA) is 70.6 Å². The van der Waals surface area contributed by atoms with E-state index in [0.29, 0.717) is 11.4 Å². The first kappa shape index (κ1) is 18.2. The molecule has 1 atom stereocenters. The number of carbonyl (C=O) groups excluding carboxylic acids is 1. The van der Waals surface area contributed by atoms with Crippen LogP contribution in [0.4, 0.5) is 19.3 Å². The molecule has 3 N–H and O–H groups in total. The maximum absolute atomic E-state index is 13.6. The zero-order valence-corrected chi connectivity index (χ0v) is 13.1. The van der Waals surface area contributed by atoms with Crippen molar-refractivity contribution in [3.8, 4) is 18.1 Å². The Bertz CT molecular complexity index is 770. The average Bonchev–Trinajstić information content (AvgIpc) is 2.58. The SMILES string of the molecule is C#CCOc1cccc(NC(=O)NCC(O)c2c(F)cccc2F)c1. The van der Waals surface area contributed by atoms with Crippen LogP contribution in [0.25, 0.3) is 0 Å². The highest BCUT2D eigenvalue weighted by atomic mass is 19.1. The molecule has 0 aliphatic heterocycles. The van der Waals surface area contributed by atoms with E-state index in [1.54, 1.807) is 24.3 Å². The number of aliphatic hydroxyl groups is 1. The van der Waals surface area contributed by atoms with Gasteiger partial charge in [-0.25, -0.2) is 13.6 Å². The van der Waals surface area contributed by atoms with Crippen LogP contribution in [-0.4, -0.2) is 24.3 Å². The van der Waals surface area contributed by atoms with Gasteiger partial charge in [0.1, 0.15) is 30.1 Å². The minimum atomic E-state index is -1.52. The number of aliphatic hydroxyl groups excluding tert-OH is 1. The molecule has 5 nitrogen and oxygen atoms in total. The molecular formula is C18H16F2N2O3. The van der Waals surface area contributed by atoms with Crippen molar-refractivity contribution in [3.05, 3.63) is 59.7 Å². The standard InChI is InChI=1S/C18H16F2N2O3/c1-2-9-25-13-6-3-5-12(10-13)22-18(24)21-11-16(23)17-14(19)7-4-8-15(17)20/h1,3-8,10,16,23H,9,11H2,(H2,21,22,24). The van der Waals surface area contributed by atoms with E-state index in [9.17, 15) is 18.7 Å². The Labute approximate surface area is 143 Å². The summed E-state index contributed by atoms with van der Waals surface area (Å²) >= 11 is 0. The lowest BCUT2D eigenvalue weighted by atomic mass is 10.1. The van der Waals surface area contributed by atoms with Crippen LogP contribution >= 0.6 is 0 Å². The predicted molar refractivity (Wildman–Crippen MR) is 89.1 cm³/mol. The summed E-state index contributed by atoms with van der Waals surface area (Å²) in [7, 11) is 0. The zero-order valence-electron chi connectivity index (χ0n) is 13.1. The molecule has 0 saturated carbocycles. The molecule has 0 heterocycles. The van der Waals surface area contributed by atoms with Crippen LogP contribution < -0.4 is 15.4 Å². The second kappa shape index (κ2) is 8.66. The maximum Gasteiger partial charge on any atom is 0.319 e. The molecule has 0 bridgehead atoms. The lowest BCUT2D eigenvalue weighted by Gasteiger charge is -2.14. The molecule has 0 fully saturated rings. The third kappa shape index (κ3) is 5.19. The van der Waals surface area contributed by atoms with Crippen molar-refractivity contribution in [1.82, 2.24) is 5.32 Å². The molecule has 2 aromatic rings. The van der Waals surface area contributed by atoms with Gasteiger partial charge in [-0.15, -0.1) is 6.42 Å². The van der Waals surface area contributed by atoms with Crippen LogP contribution in [0, 0.1) is 24.0 Å². The van der Waals surface area contributed by atoms with Gasteiger partial charge in [-0.2, -0.15) is 0 Å². The van der Waals surface area contributed by atoms with E-state index >= 15 is 0 Å². The molecule has 0 spiro atoms. The molecule has 7 heteroatoms. The summed E-state index contributed by atoms with van der Waals surface area (Å²) in [6.07, 6.45) is 3.58. The van der Waals surface area contributed by atoms with Crippen LogP contribution in [0.3, 0.4) is 0 Å². The molecule has 0 aliphatic carbocycles. The van der Waals surface area contributed by atoms with Gasteiger partial charge in [0.2, 0.25) is 0 Å². The first-order valence-electron chi connectivity index (χ1n) is 7.34. The molecule has 0 aromatic heterocycles. The van der Waals surface area contributed by atoms with Crippen LogP contribution in [0.5, 0.6) is 5.75 Å². The fourth-order valence-electron chi connectivity index (χ4n) is 2.08. The Morgan fingerprint density at radius 1 is 1.24 bits per heavy atom. The van der Waals surface area contributed by atoms with Crippen molar-refractivity contribution in [3.63, 3.8) is 0 Å². The lowest BCUT2D eigenvalue weighted by Crippen LogP contribution is -2.32. The third-order valence-corrected chi connectivity index (χ3v) is 3.20. The van der Waals surface area contributed by atoms with Gasteiger partial charge in [-0.3, -0.25) is 0 Å². The monoisotopic (exact) mass is 346 g/mol. The van der Waals surface area contributed by atoms with Gasteiger partial charge in [-0.1, -0.05) is 18.1 Å². The van der Waals surface area contributed by atoms with Gasteiger partial charge in [0.05, 0.1) is 5.56 Å². The number of amides is 2. The summed E-state index contributed by atoms with van der Waals surface area (Å²) in [5.41, 5.74) is -0.0638. The fourth-order valence-corrected chi connectivity index (χ4v) is 2.08. The minimum Gasteiger partial charge on any atom is -0.481 e. The summed E-state index contributed by atoms with van der Waals surface area (Å²) in [4.78, 5) is 11.8. The van der Waals surface area contributed by atoms with E-state index in [-0.39, 0.29) is 13.2 Å². The largest absolute Gasteiger partial charge is 0.481 e. The van der Waals surface area contributed by atoms with Gasteiger partial charge < -0.3 is 20.5 Å². The number of nitrogens with one attached hydrogen (secondary N) is 2.